The van der Waals surface area contributed by atoms with Gasteiger partial charge >= 0.3 is 0 Å². The second-order valence-electron chi connectivity index (χ2n) is 6.10. The molecule has 0 saturated carbocycles. The molecule has 1 aliphatic heterocycles. The second-order valence-corrected chi connectivity index (χ2v) is 7.02. The number of rotatable bonds is 3. The van der Waals surface area contributed by atoms with Crippen molar-refractivity contribution in [1.82, 2.24) is 9.80 Å². The standard InChI is InChI=1S/C16H24BrN3O/c1-11-14(8-13(17)9-15(11)18)16(21)20(3)10-12-4-6-19(2)7-5-12/h8-9,12H,4-7,10,18H2,1-3H3. The number of carbonyl (C=O) groups is 1. The van der Waals surface area contributed by atoms with Gasteiger partial charge in [-0.2, -0.15) is 0 Å². The zero-order valence-electron chi connectivity index (χ0n) is 13.0. The number of halogens is 1. The van der Waals surface area contributed by atoms with Crippen LogP contribution in [0.1, 0.15) is 28.8 Å². The summed E-state index contributed by atoms with van der Waals surface area (Å²) in [4.78, 5) is 16.8. The van der Waals surface area contributed by atoms with Crippen molar-refractivity contribution in [2.75, 3.05) is 39.5 Å². The number of carbonyl (C=O) groups excluding carboxylic acids is 1. The average Bonchev–Trinajstić information content (AvgIpc) is 2.44. The highest BCUT2D eigenvalue weighted by Crippen LogP contribution is 2.24. The lowest BCUT2D eigenvalue weighted by atomic mass is 9.96. The highest BCUT2D eigenvalue weighted by Gasteiger charge is 2.22. The Kier molecular flexibility index (Phi) is 5.27. The Morgan fingerprint density at radius 3 is 2.67 bits per heavy atom. The van der Waals surface area contributed by atoms with Crippen LogP contribution in [-0.4, -0.2) is 49.4 Å². The molecule has 1 heterocycles. The summed E-state index contributed by atoms with van der Waals surface area (Å²) in [5.41, 5.74) is 8.16. The van der Waals surface area contributed by atoms with E-state index in [1.807, 2.05) is 31.0 Å². The van der Waals surface area contributed by atoms with Gasteiger partial charge in [0.15, 0.2) is 0 Å². The van der Waals surface area contributed by atoms with Gasteiger partial charge < -0.3 is 15.5 Å². The monoisotopic (exact) mass is 353 g/mol. The van der Waals surface area contributed by atoms with Crippen LogP contribution in [0.2, 0.25) is 0 Å². The lowest BCUT2D eigenvalue weighted by Crippen LogP contribution is -2.38. The molecular weight excluding hydrogens is 330 g/mol. The topological polar surface area (TPSA) is 49.6 Å². The van der Waals surface area contributed by atoms with E-state index in [1.54, 1.807) is 0 Å². The van der Waals surface area contributed by atoms with Crippen LogP contribution in [0.15, 0.2) is 16.6 Å². The first-order valence-corrected chi connectivity index (χ1v) is 8.17. The molecule has 1 amide bonds. The zero-order valence-corrected chi connectivity index (χ0v) is 14.6. The van der Waals surface area contributed by atoms with Crippen molar-refractivity contribution in [3.8, 4) is 0 Å². The Labute approximate surface area is 135 Å². The molecule has 0 aliphatic carbocycles. The maximum Gasteiger partial charge on any atom is 0.253 e. The number of anilines is 1. The molecule has 1 fully saturated rings. The van der Waals surface area contributed by atoms with Crippen LogP contribution in [0.5, 0.6) is 0 Å². The molecule has 21 heavy (non-hydrogen) atoms. The third kappa shape index (κ3) is 3.98. The van der Waals surface area contributed by atoms with Gasteiger partial charge in [0.05, 0.1) is 0 Å². The highest BCUT2D eigenvalue weighted by atomic mass is 79.9. The minimum absolute atomic E-state index is 0.0550. The van der Waals surface area contributed by atoms with Crippen LogP contribution >= 0.6 is 15.9 Å². The van der Waals surface area contributed by atoms with Crippen molar-refractivity contribution in [2.24, 2.45) is 5.92 Å². The molecule has 0 unspecified atom stereocenters. The third-order valence-corrected chi connectivity index (χ3v) is 4.82. The van der Waals surface area contributed by atoms with E-state index in [0.29, 0.717) is 17.2 Å². The van der Waals surface area contributed by atoms with Crippen molar-refractivity contribution < 1.29 is 4.79 Å². The molecule has 2 rings (SSSR count). The number of hydrogen-bond acceptors (Lipinski definition) is 3. The molecule has 1 aliphatic rings. The molecule has 0 bridgehead atoms. The first-order chi connectivity index (χ1) is 9.88. The van der Waals surface area contributed by atoms with E-state index in [9.17, 15) is 4.79 Å². The smallest absolute Gasteiger partial charge is 0.253 e. The number of amides is 1. The van der Waals surface area contributed by atoms with Gasteiger partial charge in [-0.25, -0.2) is 0 Å². The lowest BCUT2D eigenvalue weighted by Gasteiger charge is -2.31. The van der Waals surface area contributed by atoms with Gasteiger partial charge in [0.2, 0.25) is 0 Å². The maximum atomic E-state index is 12.6. The summed E-state index contributed by atoms with van der Waals surface area (Å²) >= 11 is 3.41. The molecule has 4 nitrogen and oxygen atoms in total. The predicted molar refractivity (Wildman–Crippen MR) is 90.5 cm³/mol. The van der Waals surface area contributed by atoms with Crippen molar-refractivity contribution in [1.29, 1.82) is 0 Å². The first kappa shape index (κ1) is 16.3. The molecule has 1 aromatic rings. The van der Waals surface area contributed by atoms with Crippen LogP contribution < -0.4 is 5.73 Å². The zero-order chi connectivity index (χ0) is 15.6. The molecule has 1 saturated heterocycles. The fraction of sp³-hybridized carbons (Fsp3) is 0.562. The molecule has 1 aromatic carbocycles. The molecule has 0 atom stereocenters. The van der Waals surface area contributed by atoms with Crippen LogP contribution in [0.3, 0.4) is 0 Å². The van der Waals surface area contributed by atoms with E-state index in [-0.39, 0.29) is 5.91 Å². The minimum Gasteiger partial charge on any atom is -0.398 e. The Hall–Kier alpha value is -1.07. The Bertz CT molecular complexity index is 524. The predicted octanol–water partition coefficient (Wildman–Crippen LogP) is 2.75. The van der Waals surface area contributed by atoms with Gasteiger partial charge in [0.25, 0.3) is 5.91 Å². The molecule has 0 radical (unpaired) electrons. The SMILES string of the molecule is Cc1c(N)cc(Br)cc1C(=O)N(C)CC1CCN(C)CC1. The number of benzene rings is 1. The van der Waals surface area contributed by atoms with Gasteiger partial charge in [-0.05, 0) is 63.5 Å². The summed E-state index contributed by atoms with van der Waals surface area (Å²) in [5.74, 6) is 0.652. The summed E-state index contributed by atoms with van der Waals surface area (Å²) in [6.45, 7) is 4.96. The fourth-order valence-electron chi connectivity index (χ4n) is 2.84. The normalized spacial score (nSPS) is 17.0. The van der Waals surface area contributed by atoms with Crippen LogP contribution in [-0.2, 0) is 0 Å². The quantitative estimate of drug-likeness (QED) is 0.850. The van der Waals surface area contributed by atoms with E-state index < -0.39 is 0 Å². The molecule has 2 N–H and O–H groups in total. The highest BCUT2D eigenvalue weighted by molar-refractivity contribution is 9.10. The fourth-order valence-corrected chi connectivity index (χ4v) is 3.32. The average molecular weight is 354 g/mol. The summed E-state index contributed by atoms with van der Waals surface area (Å²) in [6.07, 6.45) is 2.32. The number of hydrogen-bond donors (Lipinski definition) is 1. The van der Waals surface area contributed by atoms with Crippen LogP contribution in [0.25, 0.3) is 0 Å². The van der Waals surface area contributed by atoms with Crippen LogP contribution in [0.4, 0.5) is 5.69 Å². The molecule has 116 valence electrons. The van der Waals surface area contributed by atoms with Crippen molar-refractivity contribution >= 4 is 27.5 Å². The van der Waals surface area contributed by atoms with E-state index in [1.165, 1.54) is 0 Å². The molecule has 0 aromatic heterocycles. The molecule has 0 spiro atoms. The molecular formula is C16H24BrN3O. The largest absolute Gasteiger partial charge is 0.398 e. The Morgan fingerprint density at radius 2 is 2.05 bits per heavy atom. The van der Waals surface area contributed by atoms with Crippen molar-refractivity contribution in [3.63, 3.8) is 0 Å². The minimum atomic E-state index is 0.0550. The maximum absolute atomic E-state index is 12.6. The van der Waals surface area contributed by atoms with Gasteiger partial charge in [-0.1, -0.05) is 15.9 Å². The van der Waals surface area contributed by atoms with Crippen molar-refractivity contribution in [3.05, 3.63) is 27.7 Å². The van der Waals surface area contributed by atoms with E-state index in [4.69, 9.17) is 5.73 Å². The number of likely N-dealkylation sites (tertiary alicyclic amines) is 1. The summed E-state index contributed by atoms with van der Waals surface area (Å²) < 4.78 is 0.849. The number of nitrogens with zero attached hydrogens (tertiary/aromatic N) is 2. The number of nitrogen functional groups attached to an aromatic ring is 1. The van der Waals surface area contributed by atoms with Crippen molar-refractivity contribution in [2.45, 2.75) is 19.8 Å². The van der Waals surface area contributed by atoms with Gasteiger partial charge in [0, 0.05) is 29.3 Å². The summed E-state index contributed by atoms with van der Waals surface area (Å²) in [5, 5.41) is 0. The molecule has 5 heteroatoms. The lowest BCUT2D eigenvalue weighted by molar-refractivity contribution is 0.0746. The number of nitrogens with two attached hydrogens (primary N) is 1. The second kappa shape index (κ2) is 6.79. The summed E-state index contributed by atoms with van der Waals surface area (Å²) in [7, 11) is 4.04. The summed E-state index contributed by atoms with van der Waals surface area (Å²) in [6, 6.07) is 3.70. The van der Waals surface area contributed by atoms with Gasteiger partial charge in [-0.3, -0.25) is 4.79 Å². The Balaban J connectivity index is 2.06. The van der Waals surface area contributed by atoms with Gasteiger partial charge in [-0.15, -0.1) is 0 Å². The first-order valence-electron chi connectivity index (χ1n) is 7.38. The van der Waals surface area contributed by atoms with E-state index in [0.717, 1.165) is 42.5 Å². The number of piperidine rings is 1. The van der Waals surface area contributed by atoms with E-state index in [2.05, 4.69) is 27.9 Å². The van der Waals surface area contributed by atoms with Gasteiger partial charge in [0.1, 0.15) is 0 Å². The van der Waals surface area contributed by atoms with Crippen LogP contribution in [0, 0.1) is 12.8 Å². The van der Waals surface area contributed by atoms with E-state index >= 15 is 0 Å². The third-order valence-electron chi connectivity index (χ3n) is 4.36. The Morgan fingerprint density at radius 1 is 1.43 bits per heavy atom.